The highest BCUT2D eigenvalue weighted by Gasteiger charge is 2.23. The van der Waals surface area contributed by atoms with Gasteiger partial charge in [0.2, 0.25) is 0 Å². The summed E-state index contributed by atoms with van der Waals surface area (Å²) < 4.78 is 13.8. The molecule has 1 aromatic heterocycles. The van der Waals surface area contributed by atoms with Crippen LogP contribution in [0.3, 0.4) is 0 Å². The molecule has 0 bridgehead atoms. The maximum absolute atomic E-state index is 9.14. The first-order valence-electron chi connectivity index (χ1n) is 9.11. The van der Waals surface area contributed by atoms with Crippen molar-refractivity contribution in [2.75, 3.05) is 6.61 Å². The number of benzene rings is 2. The van der Waals surface area contributed by atoms with Crippen LogP contribution in [0, 0.1) is 24.2 Å². The summed E-state index contributed by atoms with van der Waals surface area (Å²) >= 11 is 0. The predicted molar refractivity (Wildman–Crippen MR) is 102 cm³/mol. The predicted octanol–water partition coefficient (Wildman–Crippen LogP) is 4.96. The summed E-state index contributed by atoms with van der Waals surface area (Å²) in [5.74, 6) is 1.62. The Bertz CT molecular complexity index is 956. The van der Waals surface area contributed by atoms with Crippen LogP contribution >= 0.6 is 0 Å². The third kappa shape index (κ3) is 4.02. The van der Waals surface area contributed by atoms with E-state index < -0.39 is 0 Å². The average molecular weight is 359 g/mol. The zero-order valence-corrected chi connectivity index (χ0v) is 15.2. The molecular weight excluding hydrogens is 338 g/mol. The van der Waals surface area contributed by atoms with Crippen molar-refractivity contribution in [1.29, 1.82) is 5.26 Å². The van der Waals surface area contributed by atoms with Crippen LogP contribution < -0.4 is 4.74 Å². The molecule has 2 aromatic carbocycles. The lowest BCUT2D eigenvalue weighted by atomic mass is 9.93. The molecule has 0 saturated carbocycles. The molecule has 0 radical (unpaired) electrons. The van der Waals surface area contributed by atoms with Gasteiger partial charge in [-0.3, -0.25) is 0 Å². The van der Waals surface area contributed by atoms with Gasteiger partial charge >= 0.3 is 0 Å². The fourth-order valence-corrected chi connectivity index (χ4v) is 3.30. The number of nitrogens with zero attached hydrogens (tertiary/aromatic N) is 3. The van der Waals surface area contributed by atoms with Crippen LogP contribution in [0.25, 0.3) is 5.69 Å². The highest BCUT2D eigenvalue weighted by molar-refractivity contribution is 5.42. The lowest BCUT2D eigenvalue weighted by Crippen LogP contribution is -2.18. The van der Waals surface area contributed by atoms with Gasteiger partial charge in [0.15, 0.2) is 0 Å². The molecule has 5 heteroatoms. The molecule has 1 aliphatic rings. The van der Waals surface area contributed by atoms with Gasteiger partial charge in [-0.1, -0.05) is 18.2 Å². The Morgan fingerprint density at radius 3 is 2.78 bits per heavy atom. The fraction of sp³-hybridized carbons (Fsp3) is 0.273. The van der Waals surface area contributed by atoms with Gasteiger partial charge in [0.05, 0.1) is 35.8 Å². The Hall–Kier alpha value is -3.10. The number of nitriles is 1. The van der Waals surface area contributed by atoms with Crippen LogP contribution in [-0.2, 0) is 4.74 Å². The van der Waals surface area contributed by atoms with Crippen LogP contribution in [0.2, 0.25) is 0 Å². The van der Waals surface area contributed by atoms with Gasteiger partial charge in [-0.2, -0.15) is 5.26 Å². The fourth-order valence-electron chi connectivity index (χ4n) is 3.30. The molecule has 0 amide bonds. The zero-order valence-electron chi connectivity index (χ0n) is 15.2. The molecule has 5 nitrogen and oxygen atoms in total. The molecule has 136 valence electrons. The van der Waals surface area contributed by atoms with Crippen molar-refractivity contribution in [3.8, 4) is 23.3 Å². The Morgan fingerprint density at radius 1 is 1.19 bits per heavy atom. The highest BCUT2D eigenvalue weighted by atomic mass is 16.5. The van der Waals surface area contributed by atoms with Gasteiger partial charge in [0, 0.05) is 18.9 Å². The first kappa shape index (κ1) is 17.3. The van der Waals surface area contributed by atoms with Gasteiger partial charge < -0.3 is 14.0 Å². The van der Waals surface area contributed by atoms with E-state index in [-0.39, 0.29) is 12.0 Å². The van der Waals surface area contributed by atoms with Crippen molar-refractivity contribution < 1.29 is 9.47 Å². The Labute approximate surface area is 158 Å². The molecule has 4 rings (SSSR count). The van der Waals surface area contributed by atoms with Crippen molar-refractivity contribution >= 4 is 0 Å². The minimum absolute atomic E-state index is 0.00902. The summed E-state index contributed by atoms with van der Waals surface area (Å²) in [4.78, 5) is 4.26. The van der Waals surface area contributed by atoms with Crippen molar-refractivity contribution in [3.05, 3.63) is 72.3 Å². The molecule has 1 saturated heterocycles. The summed E-state index contributed by atoms with van der Waals surface area (Å²) in [7, 11) is 0. The van der Waals surface area contributed by atoms with Crippen LogP contribution in [-0.4, -0.2) is 16.2 Å². The normalized spacial score (nSPS) is 19.4. The highest BCUT2D eigenvalue weighted by Crippen LogP contribution is 2.33. The molecule has 1 aliphatic heterocycles. The lowest BCUT2D eigenvalue weighted by molar-refractivity contribution is 0.000695. The van der Waals surface area contributed by atoms with Gasteiger partial charge in [-0.15, -0.1) is 0 Å². The van der Waals surface area contributed by atoms with Crippen molar-refractivity contribution in [2.24, 2.45) is 5.92 Å². The monoisotopic (exact) mass is 359 g/mol. The second-order valence-corrected chi connectivity index (χ2v) is 6.80. The first-order chi connectivity index (χ1) is 13.2. The van der Waals surface area contributed by atoms with E-state index >= 15 is 0 Å². The van der Waals surface area contributed by atoms with E-state index in [4.69, 9.17) is 14.7 Å². The van der Waals surface area contributed by atoms with Gasteiger partial charge in [0.1, 0.15) is 11.5 Å². The Balaban J connectivity index is 1.47. The first-order valence-corrected chi connectivity index (χ1v) is 9.11. The number of aromatic nitrogens is 2. The molecule has 0 spiro atoms. The molecule has 2 atom stereocenters. The zero-order chi connectivity index (χ0) is 18.6. The molecule has 3 aromatic rings. The van der Waals surface area contributed by atoms with Crippen LogP contribution in [0.5, 0.6) is 11.5 Å². The number of hydrogen-bond donors (Lipinski definition) is 0. The second kappa shape index (κ2) is 7.65. The number of rotatable bonds is 4. The van der Waals surface area contributed by atoms with E-state index in [9.17, 15) is 0 Å². The van der Waals surface area contributed by atoms with Crippen molar-refractivity contribution in [3.63, 3.8) is 0 Å². The second-order valence-electron chi connectivity index (χ2n) is 6.80. The van der Waals surface area contributed by atoms with E-state index in [0.29, 0.717) is 6.61 Å². The van der Waals surface area contributed by atoms with Gasteiger partial charge in [-0.05, 0) is 49.6 Å². The van der Waals surface area contributed by atoms with Gasteiger partial charge in [0.25, 0.3) is 0 Å². The lowest BCUT2D eigenvalue weighted by Gasteiger charge is -2.26. The minimum Gasteiger partial charge on any atom is -0.457 e. The maximum Gasteiger partial charge on any atom is 0.129 e. The van der Waals surface area contributed by atoms with Crippen molar-refractivity contribution in [1.82, 2.24) is 9.55 Å². The summed E-state index contributed by atoms with van der Waals surface area (Å²) in [5, 5.41) is 9.14. The molecule has 2 unspecified atom stereocenters. The Kier molecular flexibility index (Phi) is 4.91. The van der Waals surface area contributed by atoms with Crippen LogP contribution in [0.4, 0.5) is 0 Å². The number of hydrogen-bond acceptors (Lipinski definition) is 4. The number of ether oxygens (including phenoxy) is 2. The molecule has 27 heavy (non-hydrogen) atoms. The van der Waals surface area contributed by atoms with Crippen molar-refractivity contribution in [2.45, 2.75) is 25.9 Å². The SMILES string of the molecule is Cc1cn(-c2cccc(Oc3ccc(C4CC(C#N)CCO4)cc3)c2)cn1. The van der Waals surface area contributed by atoms with E-state index in [0.717, 1.165) is 41.3 Å². The molecular formula is C22H21N3O2. The van der Waals surface area contributed by atoms with E-state index in [1.54, 1.807) is 6.33 Å². The minimum atomic E-state index is -0.00902. The Morgan fingerprint density at radius 2 is 2.04 bits per heavy atom. The van der Waals surface area contributed by atoms with E-state index in [1.165, 1.54) is 0 Å². The topological polar surface area (TPSA) is 60.1 Å². The largest absolute Gasteiger partial charge is 0.457 e. The molecule has 2 heterocycles. The average Bonchev–Trinajstić information content (AvgIpc) is 3.15. The summed E-state index contributed by atoms with van der Waals surface area (Å²) in [5.41, 5.74) is 3.06. The molecule has 1 fully saturated rings. The van der Waals surface area contributed by atoms with Crippen LogP contribution in [0.1, 0.15) is 30.2 Å². The molecule has 0 N–H and O–H groups in total. The summed E-state index contributed by atoms with van der Waals surface area (Å²) in [6.45, 7) is 2.61. The summed E-state index contributed by atoms with van der Waals surface area (Å²) in [6, 6.07) is 18.2. The van der Waals surface area contributed by atoms with E-state index in [2.05, 4.69) is 11.1 Å². The standard InChI is InChI=1S/C22H21N3O2/c1-16-14-25(15-24-16)19-3-2-4-21(12-19)27-20-7-5-18(6-8-20)22-11-17(13-23)9-10-26-22/h2-8,12,14-15,17,22H,9-11H2,1H3. The molecule has 0 aliphatic carbocycles. The van der Waals surface area contributed by atoms with Gasteiger partial charge in [-0.25, -0.2) is 4.98 Å². The number of aryl methyl sites for hydroxylation is 1. The number of imidazole rings is 1. The maximum atomic E-state index is 9.14. The van der Waals surface area contributed by atoms with Crippen LogP contribution in [0.15, 0.2) is 61.1 Å². The van der Waals surface area contributed by atoms with E-state index in [1.807, 2.05) is 66.2 Å². The third-order valence-electron chi connectivity index (χ3n) is 4.78. The summed E-state index contributed by atoms with van der Waals surface area (Å²) in [6.07, 6.45) is 5.34. The smallest absolute Gasteiger partial charge is 0.129 e. The quantitative estimate of drug-likeness (QED) is 0.660. The third-order valence-corrected chi connectivity index (χ3v) is 4.78.